The van der Waals surface area contributed by atoms with Gasteiger partial charge in [-0.1, -0.05) is 61.7 Å². The maximum atomic E-state index is 10.3. The van der Waals surface area contributed by atoms with Crippen molar-refractivity contribution in [3.63, 3.8) is 0 Å². The molecule has 2 aromatic rings. The van der Waals surface area contributed by atoms with Crippen molar-refractivity contribution >= 4 is 31.9 Å². The van der Waals surface area contributed by atoms with Gasteiger partial charge in [0.1, 0.15) is 0 Å². The minimum atomic E-state index is -0.500. The molecule has 0 heterocycles. The van der Waals surface area contributed by atoms with Crippen LogP contribution in [0, 0.1) is 6.92 Å². The topological polar surface area (TPSA) is 20.2 Å². The van der Waals surface area contributed by atoms with Gasteiger partial charge in [0.05, 0.1) is 6.10 Å². The van der Waals surface area contributed by atoms with Crippen LogP contribution in [0.15, 0.2) is 51.4 Å². The van der Waals surface area contributed by atoms with E-state index in [2.05, 4.69) is 63.0 Å². The molecule has 2 rings (SSSR count). The van der Waals surface area contributed by atoms with Gasteiger partial charge in [0.2, 0.25) is 0 Å². The molecule has 0 aliphatic rings. The highest BCUT2D eigenvalue weighted by Crippen LogP contribution is 2.29. The maximum absolute atomic E-state index is 10.3. The van der Waals surface area contributed by atoms with Crippen molar-refractivity contribution in [3.05, 3.63) is 68.1 Å². The summed E-state index contributed by atoms with van der Waals surface area (Å²) in [6, 6.07) is 14.1. The van der Waals surface area contributed by atoms with Crippen LogP contribution in [0.25, 0.3) is 0 Å². The van der Waals surface area contributed by atoms with E-state index in [1.165, 1.54) is 5.56 Å². The molecule has 1 N–H and O–H groups in total. The molecule has 2 aromatic carbocycles. The average Bonchev–Trinajstić information content (AvgIpc) is 2.35. The molecule has 0 aliphatic carbocycles. The van der Waals surface area contributed by atoms with Gasteiger partial charge in [0.25, 0.3) is 0 Å². The Morgan fingerprint density at radius 2 is 1.72 bits per heavy atom. The molecule has 0 aliphatic heterocycles. The van der Waals surface area contributed by atoms with Crippen LogP contribution >= 0.6 is 31.9 Å². The minimum Gasteiger partial charge on any atom is -0.388 e. The van der Waals surface area contributed by atoms with Crippen molar-refractivity contribution < 1.29 is 5.11 Å². The third-order valence-electron chi connectivity index (χ3n) is 2.87. The van der Waals surface area contributed by atoms with Gasteiger partial charge < -0.3 is 5.11 Å². The van der Waals surface area contributed by atoms with Gasteiger partial charge in [0.15, 0.2) is 0 Å². The molecule has 1 nitrogen and oxygen atoms in total. The van der Waals surface area contributed by atoms with Gasteiger partial charge in [-0.05, 0) is 36.2 Å². The molecule has 0 aromatic heterocycles. The smallest absolute Gasteiger partial charge is 0.0841 e. The fourth-order valence-corrected chi connectivity index (χ4v) is 2.72. The van der Waals surface area contributed by atoms with E-state index in [4.69, 9.17) is 0 Å². The van der Waals surface area contributed by atoms with Crippen molar-refractivity contribution in [2.75, 3.05) is 0 Å². The molecule has 0 saturated heterocycles. The molecular formula is C15H14Br2O. The number of benzene rings is 2. The maximum Gasteiger partial charge on any atom is 0.0841 e. The third kappa shape index (κ3) is 3.44. The van der Waals surface area contributed by atoms with Crippen molar-refractivity contribution in [2.45, 2.75) is 19.4 Å². The van der Waals surface area contributed by atoms with Crippen LogP contribution in [0.4, 0.5) is 0 Å². The van der Waals surface area contributed by atoms with Gasteiger partial charge in [-0.3, -0.25) is 0 Å². The van der Waals surface area contributed by atoms with E-state index in [-0.39, 0.29) is 0 Å². The molecular weight excluding hydrogens is 356 g/mol. The molecule has 1 unspecified atom stereocenters. The SMILES string of the molecule is Cc1ccc(CC(O)c2cc(Br)ccc2Br)cc1. The van der Waals surface area contributed by atoms with Gasteiger partial charge in [-0.2, -0.15) is 0 Å². The highest BCUT2D eigenvalue weighted by Gasteiger charge is 2.12. The number of aliphatic hydroxyl groups excluding tert-OH is 1. The third-order valence-corrected chi connectivity index (χ3v) is 4.08. The number of hydrogen-bond acceptors (Lipinski definition) is 1. The van der Waals surface area contributed by atoms with Gasteiger partial charge >= 0.3 is 0 Å². The lowest BCUT2D eigenvalue weighted by Crippen LogP contribution is -2.02. The monoisotopic (exact) mass is 368 g/mol. The molecule has 0 saturated carbocycles. The second kappa shape index (κ2) is 6.00. The summed E-state index contributed by atoms with van der Waals surface area (Å²) in [4.78, 5) is 0. The summed E-state index contributed by atoms with van der Waals surface area (Å²) in [6.45, 7) is 2.06. The summed E-state index contributed by atoms with van der Waals surface area (Å²) in [5.74, 6) is 0. The first-order valence-electron chi connectivity index (χ1n) is 5.75. The number of rotatable bonds is 3. The lowest BCUT2D eigenvalue weighted by Gasteiger charge is -2.13. The minimum absolute atomic E-state index is 0.500. The Morgan fingerprint density at radius 3 is 2.39 bits per heavy atom. The van der Waals surface area contributed by atoms with E-state index in [1.807, 2.05) is 18.2 Å². The molecule has 0 fully saturated rings. The van der Waals surface area contributed by atoms with Crippen molar-refractivity contribution in [3.8, 4) is 0 Å². The molecule has 0 radical (unpaired) electrons. The zero-order valence-corrected chi connectivity index (χ0v) is 13.2. The average molecular weight is 370 g/mol. The molecule has 0 bridgehead atoms. The lowest BCUT2D eigenvalue weighted by molar-refractivity contribution is 0.177. The predicted octanol–water partition coefficient (Wildman–Crippen LogP) is 4.80. The first kappa shape index (κ1) is 13.8. The Hall–Kier alpha value is -0.640. The van der Waals surface area contributed by atoms with Crippen LogP contribution in [0.5, 0.6) is 0 Å². The van der Waals surface area contributed by atoms with Gasteiger partial charge in [0, 0.05) is 15.4 Å². The van der Waals surface area contributed by atoms with E-state index in [9.17, 15) is 5.11 Å². The van der Waals surface area contributed by atoms with E-state index in [0.717, 1.165) is 20.1 Å². The Morgan fingerprint density at radius 1 is 1.06 bits per heavy atom. The van der Waals surface area contributed by atoms with E-state index in [0.29, 0.717) is 6.42 Å². The second-order valence-electron chi connectivity index (χ2n) is 4.37. The van der Waals surface area contributed by atoms with Crippen LogP contribution in [0.2, 0.25) is 0 Å². The van der Waals surface area contributed by atoms with Crippen LogP contribution in [-0.4, -0.2) is 5.11 Å². The number of aliphatic hydroxyl groups is 1. The molecule has 94 valence electrons. The van der Waals surface area contributed by atoms with Crippen LogP contribution in [0.3, 0.4) is 0 Å². The van der Waals surface area contributed by atoms with E-state index >= 15 is 0 Å². The first-order chi connectivity index (χ1) is 8.56. The normalized spacial score (nSPS) is 12.4. The van der Waals surface area contributed by atoms with Crippen molar-refractivity contribution in [2.24, 2.45) is 0 Å². The highest BCUT2D eigenvalue weighted by molar-refractivity contribution is 9.11. The fraction of sp³-hybridized carbons (Fsp3) is 0.200. The summed E-state index contributed by atoms with van der Waals surface area (Å²) in [5.41, 5.74) is 3.28. The Balaban J connectivity index is 2.18. The summed E-state index contributed by atoms with van der Waals surface area (Å²) in [6.07, 6.45) is 0.120. The number of halogens is 2. The first-order valence-corrected chi connectivity index (χ1v) is 7.33. The molecule has 0 amide bonds. The predicted molar refractivity (Wildman–Crippen MR) is 81.7 cm³/mol. The van der Waals surface area contributed by atoms with Crippen LogP contribution in [0.1, 0.15) is 22.8 Å². The second-order valence-corrected chi connectivity index (χ2v) is 6.14. The summed E-state index contributed by atoms with van der Waals surface area (Å²) < 4.78 is 1.91. The van der Waals surface area contributed by atoms with Gasteiger partial charge in [-0.15, -0.1) is 0 Å². The van der Waals surface area contributed by atoms with Crippen LogP contribution in [-0.2, 0) is 6.42 Å². The van der Waals surface area contributed by atoms with Crippen molar-refractivity contribution in [1.29, 1.82) is 0 Å². The summed E-state index contributed by atoms with van der Waals surface area (Å²) in [7, 11) is 0. The Bertz CT molecular complexity index is 535. The number of aryl methyl sites for hydroxylation is 1. The quantitative estimate of drug-likeness (QED) is 0.824. The fourth-order valence-electron chi connectivity index (χ4n) is 1.83. The summed E-state index contributed by atoms with van der Waals surface area (Å²) >= 11 is 6.90. The standard InChI is InChI=1S/C15H14Br2O/c1-10-2-4-11(5-3-10)8-15(18)13-9-12(16)6-7-14(13)17/h2-7,9,15,18H,8H2,1H3. The van der Waals surface area contributed by atoms with Crippen molar-refractivity contribution in [1.82, 2.24) is 0 Å². The zero-order valence-electron chi connectivity index (χ0n) is 10.0. The van der Waals surface area contributed by atoms with E-state index in [1.54, 1.807) is 0 Å². The molecule has 3 heteroatoms. The zero-order chi connectivity index (χ0) is 13.1. The van der Waals surface area contributed by atoms with Crippen LogP contribution < -0.4 is 0 Å². The Labute approximate surface area is 124 Å². The number of hydrogen-bond donors (Lipinski definition) is 1. The molecule has 1 atom stereocenters. The molecule has 18 heavy (non-hydrogen) atoms. The molecule has 0 spiro atoms. The Kier molecular flexibility index (Phi) is 4.60. The summed E-state index contributed by atoms with van der Waals surface area (Å²) in [5, 5.41) is 10.3. The highest BCUT2D eigenvalue weighted by atomic mass is 79.9. The largest absolute Gasteiger partial charge is 0.388 e. The lowest BCUT2D eigenvalue weighted by atomic mass is 10.0. The van der Waals surface area contributed by atoms with E-state index < -0.39 is 6.10 Å². The van der Waals surface area contributed by atoms with Gasteiger partial charge in [-0.25, -0.2) is 0 Å².